The average Bonchev–Trinajstić information content (AvgIpc) is 2.95. The monoisotopic (exact) mass is 315 g/mol. The van der Waals surface area contributed by atoms with Crippen molar-refractivity contribution in [1.82, 2.24) is 25.1 Å². The number of thioether (sulfide) groups is 1. The largest absolute Gasteiger partial charge is 0.309 e. The van der Waals surface area contributed by atoms with Crippen molar-refractivity contribution in [2.24, 2.45) is 0 Å². The molecule has 114 valence electrons. The summed E-state index contributed by atoms with van der Waals surface area (Å²) in [4.78, 5) is 23.9. The van der Waals surface area contributed by atoms with Gasteiger partial charge in [0.2, 0.25) is 5.16 Å². The van der Waals surface area contributed by atoms with Crippen molar-refractivity contribution < 1.29 is 0 Å². The first kappa shape index (κ1) is 14.8. The van der Waals surface area contributed by atoms with Crippen LogP contribution in [0.4, 0.5) is 0 Å². The fourth-order valence-corrected chi connectivity index (χ4v) is 2.99. The molecule has 2 N–H and O–H groups in total. The van der Waals surface area contributed by atoms with E-state index in [2.05, 4.69) is 32.1 Å². The van der Waals surface area contributed by atoms with Crippen LogP contribution in [0.1, 0.15) is 37.2 Å². The van der Waals surface area contributed by atoms with E-state index < -0.39 is 0 Å². The van der Waals surface area contributed by atoms with E-state index in [4.69, 9.17) is 0 Å². The van der Waals surface area contributed by atoms with Crippen LogP contribution in [0.25, 0.3) is 10.9 Å². The van der Waals surface area contributed by atoms with Crippen molar-refractivity contribution in [3.63, 3.8) is 0 Å². The number of hydrogen-bond donors (Lipinski definition) is 2. The van der Waals surface area contributed by atoms with E-state index in [1.807, 2.05) is 25.1 Å². The first-order valence-electron chi connectivity index (χ1n) is 7.24. The smallest absolute Gasteiger partial charge is 0.258 e. The number of nitrogens with zero attached hydrogens (tertiary/aromatic N) is 3. The maximum absolute atomic E-state index is 12.1. The second-order valence-corrected chi connectivity index (χ2v) is 6.35. The molecule has 0 aliphatic carbocycles. The van der Waals surface area contributed by atoms with Gasteiger partial charge in [0.25, 0.3) is 5.56 Å². The maximum Gasteiger partial charge on any atom is 0.258 e. The Hall–Kier alpha value is -2.15. The molecule has 6 nitrogen and oxygen atoms in total. The molecular weight excluding hydrogens is 298 g/mol. The first-order valence-corrected chi connectivity index (χ1v) is 8.12. The quantitative estimate of drug-likeness (QED) is 0.707. The number of para-hydroxylation sites is 1. The average molecular weight is 315 g/mol. The summed E-state index contributed by atoms with van der Waals surface area (Å²) in [5.41, 5.74) is 0.588. The van der Waals surface area contributed by atoms with E-state index in [9.17, 15) is 4.79 Å². The highest BCUT2D eigenvalue weighted by molar-refractivity contribution is 7.99. The van der Waals surface area contributed by atoms with E-state index in [0.717, 1.165) is 18.7 Å². The number of rotatable bonds is 5. The van der Waals surface area contributed by atoms with Crippen molar-refractivity contribution in [3.05, 3.63) is 46.3 Å². The molecule has 0 bridgehead atoms. The number of hydrogen-bond acceptors (Lipinski definition) is 5. The Balaban J connectivity index is 1.85. The lowest BCUT2D eigenvalue weighted by Crippen LogP contribution is -2.12. The van der Waals surface area contributed by atoms with Gasteiger partial charge >= 0.3 is 0 Å². The molecule has 3 aromatic rings. The molecule has 3 rings (SSSR count). The summed E-state index contributed by atoms with van der Waals surface area (Å²) >= 11 is 1.47. The first-order chi connectivity index (χ1) is 10.7. The summed E-state index contributed by atoms with van der Waals surface area (Å²) in [6, 6.07) is 7.33. The Morgan fingerprint density at radius 1 is 1.27 bits per heavy atom. The number of benzene rings is 1. The van der Waals surface area contributed by atoms with Gasteiger partial charge < -0.3 is 4.98 Å². The highest BCUT2D eigenvalue weighted by atomic mass is 32.2. The molecule has 0 radical (unpaired) electrons. The molecule has 0 aliphatic rings. The Kier molecular flexibility index (Phi) is 4.24. The molecule has 7 heteroatoms. The van der Waals surface area contributed by atoms with Crippen LogP contribution in [-0.2, 0) is 6.42 Å². The number of fused-ring (bicyclic) bond motifs is 1. The highest BCUT2D eigenvalue weighted by Crippen LogP contribution is 2.30. The van der Waals surface area contributed by atoms with Crippen LogP contribution < -0.4 is 5.56 Å². The third-order valence-electron chi connectivity index (χ3n) is 3.30. The zero-order valence-corrected chi connectivity index (χ0v) is 13.3. The number of aryl methyl sites for hydroxylation is 1. The van der Waals surface area contributed by atoms with Gasteiger partial charge in [-0.3, -0.25) is 9.89 Å². The second kappa shape index (κ2) is 6.31. The maximum atomic E-state index is 12.1. The fraction of sp³-hybridized carbons (Fsp3) is 0.333. The fourth-order valence-electron chi connectivity index (χ4n) is 2.19. The number of nitrogens with one attached hydrogen (secondary N) is 2. The Labute approximate surface area is 131 Å². The molecule has 2 heterocycles. The molecule has 0 amide bonds. The third kappa shape index (κ3) is 3.04. The van der Waals surface area contributed by atoms with E-state index in [1.165, 1.54) is 11.8 Å². The van der Waals surface area contributed by atoms with Crippen LogP contribution in [0.5, 0.6) is 0 Å². The summed E-state index contributed by atoms with van der Waals surface area (Å²) in [6.07, 6.45) is 1.90. The van der Waals surface area contributed by atoms with Gasteiger partial charge in [-0.1, -0.05) is 30.8 Å². The summed E-state index contributed by atoms with van der Waals surface area (Å²) in [5.74, 6) is 1.52. The van der Waals surface area contributed by atoms with Crippen LogP contribution >= 0.6 is 11.8 Å². The van der Waals surface area contributed by atoms with Gasteiger partial charge in [-0.25, -0.2) is 9.97 Å². The predicted molar refractivity (Wildman–Crippen MR) is 87.0 cm³/mol. The van der Waals surface area contributed by atoms with E-state index >= 15 is 0 Å². The number of H-pyrrole nitrogens is 2. The van der Waals surface area contributed by atoms with Crippen molar-refractivity contribution in [1.29, 1.82) is 0 Å². The molecule has 0 saturated heterocycles. The lowest BCUT2D eigenvalue weighted by Gasteiger charge is -2.08. The summed E-state index contributed by atoms with van der Waals surface area (Å²) in [6.45, 7) is 4.08. The van der Waals surface area contributed by atoms with Gasteiger partial charge in [0.15, 0.2) is 0 Å². The van der Waals surface area contributed by atoms with Crippen LogP contribution in [0.3, 0.4) is 0 Å². The number of aromatic nitrogens is 5. The topological polar surface area (TPSA) is 87.3 Å². The third-order valence-corrected chi connectivity index (χ3v) is 4.27. The van der Waals surface area contributed by atoms with Crippen molar-refractivity contribution in [3.8, 4) is 0 Å². The molecule has 0 aliphatic heterocycles. The Morgan fingerprint density at radius 2 is 2.09 bits per heavy atom. The minimum Gasteiger partial charge on any atom is -0.309 e. The van der Waals surface area contributed by atoms with Crippen molar-refractivity contribution >= 4 is 22.7 Å². The van der Waals surface area contributed by atoms with Gasteiger partial charge in [-0.2, -0.15) is 0 Å². The molecule has 22 heavy (non-hydrogen) atoms. The van der Waals surface area contributed by atoms with E-state index in [1.54, 1.807) is 6.07 Å². The van der Waals surface area contributed by atoms with E-state index in [-0.39, 0.29) is 10.8 Å². The van der Waals surface area contributed by atoms with Crippen LogP contribution in [-0.4, -0.2) is 25.1 Å². The molecule has 0 fully saturated rings. The van der Waals surface area contributed by atoms with Gasteiger partial charge in [-0.15, -0.1) is 5.10 Å². The van der Waals surface area contributed by atoms with Gasteiger partial charge in [0.05, 0.1) is 16.2 Å². The molecule has 1 atom stereocenters. The lowest BCUT2D eigenvalue weighted by atomic mass is 10.2. The van der Waals surface area contributed by atoms with Gasteiger partial charge in [-0.05, 0) is 25.5 Å². The summed E-state index contributed by atoms with van der Waals surface area (Å²) < 4.78 is 0. The minimum absolute atomic E-state index is 0.0393. The Bertz CT molecular complexity index is 841. The predicted octanol–water partition coefficient (Wildman–Crippen LogP) is 2.85. The zero-order chi connectivity index (χ0) is 15.5. The van der Waals surface area contributed by atoms with Crippen LogP contribution in [0.2, 0.25) is 0 Å². The van der Waals surface area contributed by atoms with Crippen molar-refractivity contribution in [2.75, 3.05) is 0 Å². The molecule has 2 aromatic heterocycles. The lowest BCUT2D eigenvalue weighted by molar-refractivity contribution is 0.840. The minimum atomic E-state index is -0.116. The molecule has 0 spiro atoms. The van der Waals surface area contributed by atoms with Crippen LogP contribution in [0.15, 0.2) is 34.2 Å². The number of aromatic amines is 2. The summed E-state index contributed by atoms with van der Waals surface area (Å²) in [5, 5.41) is 8.36. The highest BCUT2D eigenvalue weighted by Gasteiger charge is 2.15. The molecular formula is C15H17N5OS. The molecule has 0 saturated carbocycles. The zero-order valence-electron chi connectivity index (χ0n) is 12.5. The molecule has 1 aromatic carbocycles. The summed E-state index contributed by atoms with van der Waals surface area (Å²) in [7, 11) is 0. The van der Waals surface area contributed by atoms with Crippen LogP contribution in [0, 0.1) is 0 Å². The normalized spacial score (nSPS) is 12.6. The SMILES string of the molecule is CCCc1nc(S[C@H](C)c2nc3ccccc3c(=O)[nH]2)n[nH]1. The van der Waals surface area contributed by atoms with Gasteiger partial charge in [0.1, 0.15) is 11.6 Å². The standard InChI is InChI=1S/C15H17N5OS/c1-3-6-12-17-15(20-19-12)22-9(2)13-16-11-8-5-4-7-10(11)14(21)18-13/h4-5,7-9H,3,6H2,1-2H3,(H,16,18,21)(H,17,19,20)/t9-/m1/s1. The Morgan fingerprint density at radius 3 is 2.91 bits per heavy atom. The van der Waals surface area contributed by atoms with E-state index in [0.29, 0.717) is 21.9 Å². The molecule has 0 unspecified atom stereocenters. The van der Waals surface area contributed by atoms with Crippen molar-refractivity contribution in [2.45, 2.75) is 37.1 Å². The van der Waals surface area contributed by atoms with Gasteiger partial charge in [0, 0.05) is 6.42 Å². The second-order valence-electron chi connectivity index (χ2n) is 5.04.